The predicted octanol–water partition coefficient (Wildman–Crippen LogP) is 1.76. The highest BCUT2D eigenvalue weighted by Gasteiger charge is 2.29. The quantitative estimate of drug-likeness (QED) is 0.882. The summed E-state index contributed by atoms with van der Waals surface area (Å²) in [5.41, 5.74) is 0.791. The molecule has 0 unspecified atom stereocenters. The number of ether oxygens (including phenoxy) is 1. The SMILES string of the molecule is O=C(NC[C@@H]1CCOC1)[C@@H]1CCCN(C(=O)Cc2ccc(F)cc2)C1. The zero-order chi connectivity index (χ0) is 17.6. The first kappa shape index (κ1) is 17.9. The fraction of sp³-hybridized carbons (Fsp3) is 0.579. The summed E-state index contributed by atoms with van der Waals surface area (Å²) >= 11 is 0. The summed E-state index contributed by atoms with van der Waals surface area (Å²) in [6.45, 7) is 3.29. The van der Waals surface area contributed by atoms with E-state index in [1.165, 1.54) is 12.1 Å². The van der Waals surface area contributed by atoms with Gasteiger partial charge in [0.2, 0.25) is 11.8 Å². The number of benzene rings is 1. The lowest BCUT2D eigenvalue weighted by molar-refractivity contribution is -0.135. The van der Waals surface area contributed by atoms with Crippen molar-refractivity contribution in [1.29, 1.82) is 0 Å². The van der Waals surface area contributed by atoms with Crippen LogP contribution in [0.15, 0.2) is 24.3 Å². The number of piperidine rings is 1. The number of nitrogens with one attached hydrogen (secondary N) is 1. The number of carbonyl (C=O) groups excluding carboxylic acids is 2. The number of hydrogen-bond acceptors (Lipinski definition) is 3. The third-order valence-corrected chi connectivity index (χ3v) is 5.00. The van der Waals surface area contributed by atoms with Gasteiger partial charge in [0.15, 0.2) is 0 Å². The van der Waals surface area contributed by atoms with E-state index in [1.54, 1.807) is 17.0 Å². The second kappa shape index (κ2) is 8.43. The molecule has 5 nitrogen and oxygen atoms in total. The summed E-state index contributed by atoms with van der Waals surface area (Å²) in [6, 6.07) is 5.99. The molecule has 2 aliphatic heterocycles. The van der Waals surface area contributed by atoms with Gasteiger partial charge in [-0.25, -0.2) is 4.39 Å². The van der Waals surface area contributed by atoms with E-state index < -0.39 is 0 Å². The van der Waals surface area contributed by atoms with Crippen LogP contribution in [0.2, 0.25) is 0 Å². The standard InChI is InChI=1S/C19H25FN2O3/c20-17-5-3-14(4-6-17)10-18(23)22-8-1-2-16(12-22)19(24)21-11-15-7-9-25-13-15/h3-6,15-16H,1-2,7-13H2,(H,21,24)/t15-,16+/m0/s1. The Balaban J connectivity index is 1.48. The van der Waals surface area contributed by atoms with E-state index in [-0.39, 0.29) is 30.0 Å². The molecule has 0 saturated carbocycles. The normalized spacial score (nSPS) is 23.5. The summed E-state index contributed by atoms with van der Waals surface area (Å²) in [5.74, 6) is -0.0185. The van der Waals surface area contributed by atoms with Crippen molar-refractivity contribution < 1.29 is 18.7 Å². The lowest BCUT2D eigenvalue weighted by atomic mass is 9.96. The van der Waals surface area contributed by atoms with E-state index in [4.69, 9.17) is 4.74 Å². The Morgan fingerprint density at radius 3 is 2.76 bits per heavy atom. The van der Waals surface area contributed by atoms with Gasteiger partial charge in [0.25, 0.3) is 0 Å². The molecule has 6 heteroatoms. The first-order valence-corrected chi connectivity index (χ1v) is 8.99. The third kappa shape index (κ3) is 5.01. The molecule has 2 heterocycles. The minimum Gasteiger partial charge on any atom is -0.381 e. The molecule has 2 aliphatic rings. The van der Waals surface area contributed by atoms with Crippen molar-refractivity contribution in [2.24, 2.45) is 11.8 Å². The molecule has 0 radical (unpaired) electrons. The molecule has 2 atom stereocenters. The lowest BCUT2D eigenvalue weighted by Gasteiger charge is -2.32. The van der Waals surface area contributed by atoms with E-state index in [0.717, 1.165) is 31.4 Å². The summed E-state index contributed by atoms with van der Waals surface area (Å²) in [5, 5.41) is 3.01. The highest BCUT2D eigenvalue weighted by atomic mass is 19.1. The Morgan fingerprint density at radius 1 is 1.24 bits per heavy atom. The Labute approximate surface area is 147 Å². The fourth-order valence-corrected chi connectivity index (χ4v) is 3.44. The van der Waals surface area contributed by atoms with Crippen molar-refractivity contribution in [3.05, 3.63) is 35.6 Å². The van der Waals surface area contributed by atoms with Gasteiger partial charge in [0.05, 0.1) is 18.9 Å². The van der Waals surface area contributed by atoms with E-state index in [9.17, 15) is 14.0 Å². The molecule has 25 heavy (non-hydrogen) atoms. The van der Waals surface area contributed by atoms with Crippen LogP contribution in [0.4, 0.5) is 4.39 Å². The smallest absolute Gasteiger partial charge is 0.227 e. The molecule has 3 rings (SSSR count). The Morgan fingerprint density at radius 2 is 2.04 bits per heavy atom. The molecule has 136 valence electrons. The van der Waals surface area contributed by atoms with Gasteiger partial charge in [0, 0.05) is 32.2 Å². The van der Waals surface area contributed by atoms with Gasteiger partial charge in [-0.15, -0.1) is 0 Å². The lowest BCUT2D eigenvalue weighted by Crippen LogP contribution is -2.46. The van der Waals surface area contributed by atoms with E-state index in [0.29, 0.717) is 32.2 Å². The van der Waals surface area contributed by atoms with Crippen LogP contribution in [0.5, 0.6) is 0 Å². The highest BCUT2D eigenvalue weighted by Crippen LogP contribution is 2.19. The molecule has 0 spiro atoms. The zero-order valence-electron chi connectivity index (χ0n) is 14.4. The molecule has 1 aromatic rings. The Bertz CT molecular complexity index is 599. The molecule has 1 aromatic carbocycles. The second-order valence-corrected chi connectivity index (χ2v) is 6.96. The second-order valence-electron chi connectivity index (χ2n) is 6.96. The van der Waals surface area contributed by atoms with Crippen molar-refractivity contribution >= 4 is 11.8 Å². The van der Waals surface area contributed by atoms with Gasteiger partial charge >= 0.3 is 0 Å². The summed E-state index contributed by atoms with van der Waals surface area (Å²) in [7, 11) is 0. The van der Waals surface area contributed by atoms with Gasteiger partial charge in [0.1, 0.15) is 5.82 Å². The molecule has 0 aromatic heterocycles. The molecule has 2 saturated heterocycles. The number of carbonyl (C=O) groups is 2. The molecule has 1 N–H and O–H groups in total. The van der Waals surface area contributed by atoms with Crippen molar-refractivity contribution in [2.75, 3.05) is 32.8 Å². The maximum atomic E-state index is 13.0. The first-order valence-electron chi connectivity index (χ1n) is 8.99. The van der Waals surface area contributed by atoms with Crippen LogP contribution in [-0.4, -0.2) is 49.6 Å². The monoisotopic (exact) mass is 348 g/mol. The highest BCUT2D eigenvalue weighted by molar-refractivity contribution is 5.82. The van der Waals surface area contributed by atoms with Gasteiger partial charge in [-0.3, -0.25) is 9.59 Å². The molecule has 2 fully saturated rings. The van der Waals surface area contributed by atoms with Crippen LogP contribution in [0, 0.1) is 17.7 Å². The van der Waals surface area contributed by atoms with Crippen molar-refractivity contribution in [2.45, 2.75) is 25.7 Å². The van der Waals surface area contributed by atoms with Gasteiger partial charge in [-0.2, -0.15) is 0 Å². The van der Waals surface area contributed by atoms with E-state index >= 15 is 0 Å². The average Bonchev–Trinajstić information content (AvgIpc) is 3.15. The first-order chi connectivity index (χ1) is 12.1. The van der Waals surface area contributed by atoms with Crippen LogP contribution < -0.4 is 5.32 Å². The number of nitrogens with zero attached hydrogens (tertiary/aromatic N) is 1. The largest absolute Gasteiger partial charge is 0.381 e. The van der Waals surface area contributed by atoms with Crippen molar-refractivity contribution in [1.82, 2.24) is 10.2 Å². The number of amides is 2. The minimum atomic E-state index is -0.307. The summed E-state index contributed by atoms with van der Waals surface area (Å²) in [6.07, 6.45) is 2.88. The average molecular weight is 348 g/mol. The molecular weight excluding hydrogens is 323 g/mol. The molecule has 0 aliphatic carbocycles. The summed E-state index contributed by atoms with van der Waals surface area (Å²) < 4.78 is 18.3. The zero-order valence-corrected chi connectivity index (χ0v) is 14.4. The topological polar surface area (TPSA) is 58.6 Å². The van der Waals surface area contributed by atoms with Gasteiger partial charge in [-0.1, -0.05) is 12.1 Å². The summed E-state index contributed by atoms with van der Waals surface area (Å²) in [4.78, 5) is 26.6. The molecular formula is C19H25FN2O3. The van der Waals surface area contributed by atoms with Crippen molar-refractivity contribution in [3.8, 4) is 0 Å². The Kier molecular flexibility index (Phi) is 6.02. The van der Waals surface area contributed by atoms with Crippen LogP contribution in [0.1, 0.15) is 24.8 Å². The number of halogens is 1. The van der Waals surface area contributed by atoms with Crippen LogP contribution in [-0.2, 0) is 20.7 Å². The number of hydrogen-bond donors (Lipinski definition) is 1. The predicted molar refractivity (Wildman–Crippen MR) is 91.3 cm³/mol. The van der Waals surface area contributed by atoms with Crippen LogP contribution in [0.3, 0.4) is 0 Å². The molecule has 2 amide bonds. The fourth-order valence-electron chi connectivity index (χ4n) is 3.44. The minimum absolute atomic E-state index is 0.00620. The van der Waals surface area contributed by atoms with Crippen molar-refractivity contribution in [3.63, 3.8) is 0 Å². The van der Waals surface area contributed by atoms with E-state index in [2.05, 4.69) is 5.32 Å². The molecule has 0 bridgehead atoms. The van der Waals surface area contributed by atoms with Gasteiger partial charge in [-0.05, 0) is 37.0 Å². The van der Waals surface area contributed by atoms with Crippen LogP contribution >= 0.6 is 0 Å². The Hall–Kier alpha value is -1.95. The van der Waals surface area contributed by atoms with Crippen LogP contribution in [0.25, 0.3) is 0 Å². The number of likely N-dealkylation sites (tertiary alicyclic amines) is 1. The van der Waals surface area contributed by atoms with E-state index in [1.807, 2.05) is 0 Å². The van der Waals surface area contributed by atoms with Gasteiger partial charge < -0.3 is 15.0 Å². The number of rotatable bonds is 5. The third-order valence-electron chi connectivity index (χ3n) is 5.00. The maximum absolute atomic E-state index is 13.0. The maximum Gasteiger partial charge on any atom is 0.227 e.